The second kappa shape index (κ2) is 23.5. The maximum atomic E-state index is 10.7. The molecule has 172 valence electrons. The molecular weight excluding hydrogens is 356 g/mol. The lowest BCUT2D eigenvalue weighted by atomic mass is 10.0. The summed E-state index contributed by atoms with van der Waals surface area (Å²) in [4.78, 5) is 10.7. The van der Waals surface area contributed by atoms with Crippen LogP contribution < -0.4 is 0 Å². The predicted molar refractivity (Wildman–Crippen MR) is 129 cm³/mol. The zero-order chi connectivity index (χ0) is 21.4. The molecule has 0 aromatic carbocycles. The first-order valence-corrected chi connectivity index (χ1v) is 13.1. The van der Waals surface area contributed by atoms with Gasteiger partial charge in [-0.1, -0.05) is 141 Å². The summed E-state index contributed by atoms with van der Waals surface area (Å²) in [6.07, 6.45) is 32.2. The van der Waals surface area contributed by atoms with Gasteiger partial charge in [-0.15, -0.1) is 0 Å². The molecule has 0 saturated carbocycles. The van der Waals surface area contributed by atoms with Crippen LogP contribution in [-0.4, -0.2) is 11.1 Å². The van der Waals surface area contributed by atoms with Crippen molar-refractivity contribution in [2.45, 2.75) is 155 Å². The lowest BCUT2D eigenvalue weighted by molar-refractivity contribution is -0.132. The van der Waals surface area contributed by atoms with E-state index >= 15 is 0 Å². The summed E-state index contributed by atoms with van der Waals surface area (Å²) in [7, 11) is 0. The fourth-order valence-corrected chi connectivity index (χ4v) is 3.98. The molecule has 0 heterocycles. The molecule has 0 rings (SSSR count). The van der Waals surface area contributed by atoms with Gasteiger partial charge in [0.2, 0.25) is 0 Å². The molecule has 0 fully saturated rings. The minimum absolute atomic E-state index is 0.484. The Morgan fingerprint density at radius 3 is 1.10 bits per heavy atom. The van der Waals surface area contributed by atoms with E-state index in [4.69, 9.17) is 5.11 Å². The number of rotatable bonds is 23. The molecular formula is C27H52O2. The van der Waals surface area contributed by atoms with Gasteiger partial charge < -0.3 is 5.11 Å². The third kappa shape index (κ3) is 23.4. The Bertz CT molecular complexity index is 373. The maximum Gasteiger partial charge on any atom is 0.330 e. The molecule has 0 aromatic heterocycles. The zero-order valence-electron chi connectivity index (χ0n) is 20.0. The molecule has 0 unspecified atom stereocenters. The Morgan fingerprint density at radius 2 is 0.828 bits per heavy atom. The standard InChI is InChI=1S/C27H52O2/c1-3-4-5-6-7-8-9-10-11-12-13-14-15-16-17-18-19-20-21-22-23-24-25-26(2)27(28)29/h25H,3-24H2,1-2H3,(H,28,29)/b26-25+. The number of unbranched alkanes of at least 4 members (excludes halogenated alkanes) is 21. The minimum atomic E-state index is -0.784. The molecule has 2 nitrogen and oxygen atoms in total. The number of carboxylic acid groups (broad SMARTS) is 1. The highest BCUT2D eigenvalue weighted by molar-refractivity contribution is 5.85. The molecule has 0 aliphatic rings. The van der Waals surface area contributed by atoms with Crippen molar-refractivity contribution in [3.63, 3.8) is 0 Å². The number of carboxylic acids is 1. The van der Waals surface area contributed by atoms with Crippen LogP contribution in [0.25, 0.3) is 0 Å². The summed E-state index contributed by atoms with van der Waals surface area (Å²) >= 11 is 0. The van der Waals surface area contributed by atoms with E-state index in [0.29, 0.717) is 5.57 Å². The van der Waals surface area contributed by atoms with Gasteiger partial charge in [-0.2, -0.15) is 0 Å². The monoisotopic (exact) mass is 408 g/mol. The van der Waals surface area contributed by atoms with E-state index in [2.05, 4.69) is 6.92 Å². The van der Waals surface area contributed by atoms with Crippen LogP contribution in [0.5, 0.6) is 0 Å². The summed E-state index contributed by atoms with van der Waals surface area (Å²) < 4.78 is 0. The molecule has 29 heavy (non-hydrogen) atoms. The summed E-state index contributed by atoms with van der Waals surface area (Å²) in [6, 6.07) is 0. The van der Waals surface area contributed by atoms with Gasteiger partial charge in [-0.3, -0.25) is 0 Å². The van der Waals surface area contributed by atoms with Crippen LogP contribution in [0.3, 0.4) is 0 Å². The Labute approximate surface area is 182 Å². The molecule has 0 aliphatic carbocycles. The predicted octanol–water partition coefficient (Wildman–Crippen LogP) is 9.62. The summed E-state index contributed by atoms with van der Waals surface area (Å²) in [5, 5.41) is 8.79. The van der Waals surface area contributed by atoms with Crippen molar-refractivity contribution < 1.29 is 9.90 Å². The fourth-order valence-electron chi connectivity index (χ4n) is 3.98. The van der Waals surface area contributed by atoms with E-state index in [1.807, 2.05) is 6.08 Å². The minimum Gasteiger partial charge on any atom is -0.478 e. The highest BCUT2D eigenvalue weighted by Crippen LogP contribution is 2.15. The largest absolute Gasteiger partial charge is 0.478 e. The molecule has 0 saturated heterocycles. The van der Waals surface area contributed by atoms with E-state index in [-0.39, 0.29) is 0 Å². The molecule has 0 amide bonds. The van der Waals surface area contributed by atoms with Crippen LogP contribution in [0.1, 0.15) is 155 Å². The van der Waals surface area contributed by atoms with Crippen LogP contribution in [0.4, 0.5) is 0 Å². The normalized spacial score (nSPS) is 11.9. The first kappa shape index (κ1) is 28.2. The van der Waals surface area contributed by atoms with Gasteiger partial charge in [0, 0.05) is 5.57 Å². The smallest absolute Gasteiger partial charge is 0.330 e. The van der Waals surface area contributed by atoms with Crippen molar-refractivity contribution in [2.75, 3.05) is 0 Å². The van der Waals surface area contributed by atoms with E-state index in [9.17, 15) is 4.79 Å². The maximum absolute atomic E-state index is 10.7. The molecule has 1 N–H and O–H groups in total. The van der Waals surface area contributed by atoms with Gasteiger partial charge in [0.15, 0.2) is 0 Å². The first-order valence-electron chi connectivity index (χ1n) is 13.1. The zero-order valence-corrected chi connectivity index (χ0v) is 20.0. The second-order valence-corrected chi connectivity index (χ2v) is 9.05. The number of carbonyl (C=O) groups is 1. The van der Waals surface area contributed by atoms with Crippen LogP contribution in [0, 0.1) is 0 Å². The van der Waals surface area contributed by atoms with E-state index in [1.54, 1.807) is 6.92 Å². The molecule has 2 heteroatoms. The average Bonchev–Trinajstić information content (AvgIpc) is 2.71. The van der Waals surface area contributed by atoms with Gasteiger partial charge in [-0.25, -0.2) is 4.79 Å². The van der Waals surface area contributed by atoms with Crippen LogP contribution in [-0.2, 0) is 4.79 Å². The Kier molecular flexibility index (Phi) is 22.8. The Balaban J connectivity index is 3.08. The van der Waals surface area contributed by atoms with Crippen molar-refractivity contribution in [1.82, 2.24) is 0 Å². The molecule has 0 spiro atoms. The Hall–Kier alpha value is -0.790. The van der Waals surface area contributed by atoms with Gasteiger partial charge in [-0.05, 0) is 19.8 Å². The molecule has 0 atom stereocenters. The van der Waals surface area contributed by atoms with Gasteiger partial charge in [0.05, 0.1) is 0 Å². The first-order chi connectivity index (χ1) is 14.2. The van der Waals surface area contributed by atoms with Crippen molar-refractivity contribution in [2.24, 2.45) is 0 Å². The summed E-state index contributed by atoms with van der Waals surface area (Å²) in [5.41, 5.74) is 0.484. The Morgan fingerprint density at radius 1 is 0.552 bits per heavy atom. The van der Waals surface area contributed by atoms with Gasteiger partial charge in [0.25, 0.3) is 0 Å². The third-order valence-corrected chi connectivity index (χ3v) is 6.10. The SMILES string of the molecule is CCCCCCCCCCCCCCCCCCCCCCC/C=C(\C)C(=O)O. The molecule has 0 aliphatic heterocycles. The van der Waals surface area contributed by atoms with E-state index < -0.39 is 5.97 Å². The quantitative estimate of drug-likeness (QED) is 0.135. The highest BCUT2D eigenvalue weighted by Gasteiger charge is 1.98. The fraction of sp³-hybridized carbons (Fsp3) is 0.889. The lowest BCUT2D eigenvalue weighted by Crippen LogP contribution is -1.95. The van der Waals surface area contributed by atoms with Gasteiger partial charge in [0.1, 0.15) is 0 Å². The average molecular weight is 409 g/mol. The van der Waals surface area contributed by atoms with Crippen LogP contribution >= 0.6 is 0 Å². The van der Waals surface area contributed by atoms with E-state index in [1.165, 1.54) is 128 Å². The van der Waals surface area contributed by atoms with Crippen molar-refractivity contribution in [1.29, 1.82) is 0 Å². The number of hydrogen-bond donors (Lipinski definition) is 1. The topological polar surface area (TPSA) is 37.3 Å². The summed E-state index contributed by atoms with van der Waals surface area (Å²) in [5.74, 6) is -0.784. The van der Waals surface area contributed by atoms with E-state index in [0.717, 1.165) is 12.8 Å². The van der Waals surface area contributed by atoms with Crippen molar-refractivity contribution >= 4 is 5.97 Å². The molecule has 0 aromatic rings. The molecule has 0 radical (unpaired) electrons. The highest BCUT2D eigenvalue weighted by atomic mass is 16.4. The number of aliphatic carboxylic acids is 1. The third-order valence-electron chi connectivity index (χ3n) is 6.10. The summed E-state index contributed by atoms with van der Waals surface area (Å²) in [6.45, 7) is 3.97. The second-order valence-electron chi connectivity index (χ2n) is 9.05. The number of hydrogen-bond acceptors (Lipinski definition) is 1. The molecule has 0 bridgehead atoms. The lowest BCUT2D eigenvalue weighted by Gasteiger charge is -2.04. The van der Waals surface area contributed by atoms with Gasteiger partial charge >= 0.3 is 5.97 Å². The van der Waals surface area contributed by atoms with Crippen LogP contribution in [0.2, 0.25) is 0 Å². The van der Waals surface area contributed by atoms with Crippen molar-refractivity contribution in [3.05, 3.63) is 11.6 Å². The van der Waals surface area contributed by atoms with Crippen molar-refractivity contribution in [3.8, 4) is 0 Å². The number of allylic oxidation sites excluding steroid dienone is 1. The van der Waals surface area contributed by atoms with Crippen LogP contribution in [0.15, 0.2) is 11.6 Å².